The van der Waals surface area contributed by atoms with Crippen molar-refractivity contribution in [2.24, 2.45) is 5.92 Å². The van der Waals surface area contributed by atoms with Crippen molar-refractivity contribution >= 4 is 22.0 Å². The van der Waals surface area contributed by atoms with Gasteiger partial charge in [0.05, 0.1) is 15.9 Å². The van der Waals surface area contributed by atoms with Gasteiger partial charge in [-0.1, -0.05) is 18.6 Å². The van der Waals surface area contributed by atoms with Crippen LogP contribution in [0.2, 0.25) is 0 Å². The predicted octanol–water partition coefficient (Wildman–Crippen LogP) is 2.99. The average molecular weight is 448 g/mol. The Morgan fingerprint density at radius 3 is 2.16 bits per heavy atom. The van der Waals surface area contributed by atoms with E-state index < -0.39 is 21.0 Å². The van der Waals surface area contributed by atoms with Crippen molar-refractivity contribution < 1.29 is 23.3 Å². The molecule has 1 aliphatic carbocycles. The molecule has 2 N–H and O–H groups in total. The number of nitrogens with one attached hydrogen (secondary N) is 1. The quantitative estimate of drug-likeness (QED) is 0.409. The molecule has 1 heterocycles. The highest BCUT2D eigenvalue weighted by Gasteiger charge is 2.49. The van der Waals surface area contributed by atoms with Gasteiger partial charge < -0.3 is 10.0 Å². The van der Waals surface area contributed by atoms with Crippen LogP contribution < -0.4 is 5.48 Å². The Labute approximate surface area is 180 Å². The molecule has 0 radical (unpaired) electrons. The molecular weight excluding hydrogens is 422 g/mol. The molecule has 1 aliphatic heterocycles. The maximum absolute atomic E-state index is 13.2. The second kappa shape index (κ2) is 9.65. The van der Waals surface area contributed by atoms with Gasteiger partial charge in [0.15, 0.2) is 0 Å². The van der Waals surface area contributed by atoms with E-state index in [4.69, 9.17) is 5.21 Å². The Bertz CT molecular complexity index is 1020. The van der Waals surface area contributed by atoms with E-state index >= 15 is 0 Å². The second-order valence-electron chi connectivity index (χ2n) is 7.58. The fourth-order valence-electron chi connectivity index (χ4n) is 4.48. The summed E-state index contributed by atoms with van der Waals surface area (Å²) in [6.07, 6.45) is 4.12. The number of rotatable bonds is 5. The van der Waals surface area contributed by atoms with Crippen LogP contribution in [-0.4, -0.2) is 48.3 Å². The number of nitro groups is 1. The van der Waals surface area contributed by atoms with Crippen LogP contribution in [0.1, 0.15) is 25.7 Å². The van der Waals surface area contributed by atoms with Crippen LogP contribution in [0.4, 0.5) is 5.69 Å². The molecule has 3 atom stereocenters. The van der Waals surface area contributed by atoms with Crippen LogP contribution in [0.15, 0.2) is 53.4 Å². The first kappa shape index (κ1) is 23.0. The average Bonchev–Trinajstić information content (AvgIpc) is 3.35. The molecule has 0 unspecified atom stereocenters. The van der Waals surface area contributed by atoms with Crippen LogP contribution in [0, 0.1) is 16.0 Å². The fraction of sp³-hybridized carbons (Fsp3) is 0.381. The Kier molecular flexibility index (Phi) is 7.16. The van der Waals surface area contributed by atoms with Gasteiger partial charge in [-0.3, -0.25) is 10.1 Å². The topological polar surface area (TPSA) is 130 Å². The van der Waals surface area contributed by atoms with Gasteiger partial charge in [0.1, 0.15) is 6.29 Å². The maximum atomic E-state index is 13.2. The lowest BCUT2D eigenvalue weighted by Gasteiger charge is -2.26. The summed E-state index contributed by atoms with van der Waals surface area (Å²) in [5.41, 5.74) is 3.28. The van der Waals surface area contributed by atoms with Gasteiger partial charge in [0.25, 0.3) is 5.69 Å². The van der Waals surface area contributed by atoms with Crippen molar-refractivity contribution in [2.75, 3.05) is 7.05 Å². The third-order valence-corrected chi connectivity index (χ3v) is 7.78. The first-order valence-corrected chi connectivity index (χ1v) is 11.4. The molecule has 2 fully saturated rings. The first-order valence-electron chi connectivity index (χ1n) is 9.98. The molecule has 9 nitrogen and oxygen atoms in total. The number of hydrogen-bond acceptors (Lipinski definition) is 7. The third kappa shape index (κ3) is 4.67. The monoisotopic (exact) mass is 447 g/mol. The van der Waals surface area contributed by atoms with E-state index in [9.17, 15) is 23.3 Å². The van der Waals surface area contributed by atoms with Crippen LogP contribution in [0.3, 0.4) is 0 Å². The summed E-state index contributed by atoms with van der Waals surface area (Å²) < 4.78 is 27.8. The Morgan fingerprint density at radius 2 is 1.65 bits per heavy atom. The van der Waals surface area contributed by atoms with E-state index in [0.29, 0.717) is 6.42 Å². The van der Waals surface area contributed by atoms with E-state index in [0.717, 1.165) is 36.7 Å². The lowest BCUT2D eigenvalue weighted by molar-refractivity contribution is -0.384. The second-order valence-corrected chi connectivity index (χ2v) is 9.43. The zero-order valence-electron chi connectivity index (χ0n) is 17.0. The minimum Gasteiger partial charge on any atom is -0.317 e. The van der Waals surface area contributed by atoms with Gasteiger partial charge in [0.2, 0.25) is 10.0 Å². The van der Waals surface area contributed by atoms with E-state index in [1.807, 2.05) is 0 Å². The molecule has 0 aromatic heterocycles. The summed E-state index contributed by atoms with van der Waals surface area (Å²) in [5.74, 6) is 0.268. The number of carbonyl (C=O) groups excluding carboxylic acids is 1. The molecule has 0 bridgehead atoms. The Hall–Kier alpha value is -2.66. The SMILES string of the molecule is CNO.O=C[C@H]1C[C@H]2CCC[C@H]2N1S(=O)(=O)c1ccc(-c2ccc([N+](=O)[O-])cc2)cc1. The number of benzene rings is 2. The molecule has 0 spiro atoms. The largest absolute Gasteiger partial charge is 0.317 e. The minimum absolute atomic E-state index is 0.00278. The zero-order valence-corrected chi connectivity index (χ0v) is 17.9. The van der Waals surface area contributed by atoms with E-state index in [1.165, 1.54) is 35.6 Å². The van der Waals surface area contributed by atoms with E-state index in [-0.39, 0.29) is 22.5 Å². The number of sulfonamides is 1. The smallest absolute Gasteiger partial charge is 0.269 e. The van der Waals surface area contributed by atoms with Gasteiger partial charge >= 0.3 is 0 Å². The normalized spacial score (nSPS) is 23.0. The number of non-ortho nitro benzene ring substituents is 1. The molecule has 2 aromatic rings. The molecular formula is C21H25N3O6S. The summed E-state index contributed by atoms with van der Waals surface area (Å²) >= 11 is 0. The highest BCUT2D eigenvalue weighted by Crippen LogP contribution is 2.43. The van der Waals surface area contributed by atoms with E-state index in [2.05, 4.69) is 0 Å². The lowest BCUT2D eigenvalue weighted by atomic mass is 10.0. The molecule has 0 amide bonds. The number of aldehydes is 1. The van der Waals surface area contributed by atoms with Crippen molar-refractivity contribution in [2.45, 2.75) is 42.7 Å². The summed E-state index contributed by atoms with van der Waals surface area (Å²) in [6.45, 7) is 0. The van der Waals surface area contributed by atoms with Crippen LogP contribution in [0.5, 0.6) is 0 Å². The summed E-state index contributed by atoms with van der Waals surface area (Å²) in [4.78, 5) is 22.0. The van der Waals surface area contributed by atoms with Crippen molar-refractivity contribution in [1.82, 2.24) is 9.79 Å². The van der Waals surface area contributed by atoms with Crippen molar-refractivity contribution in [3.8, 4) is 11.1 Å². The molecule has 4 rings (SSSR count). The summed E-state index contributed by atoms with van der Waals surface area (Å²) in [7, 11) is -2.33. The fourth-order valence-corrected chi connectivity index (χ4v) is 6.33. The molecule has 2 aliphatic rings. The van der Waals surface area contributed by atoms with E-state index in [1.54, 1.807) is 29.7 Å². The Morgan fingerprint density at radius 1 is 1.10 bits per heavy atom. The molecule has 10 heteroatoms. The van der Waals surface area contributed by atoms with Gasteiger partial charge in [-0.2, -0.15) is 4.31 Å². The van der Waals surface area contributed by atoms with Crippen molar-refractivity contribution in [3.05, 3.63) is 58.6 Å². The molecule has 1 saturated carbocycles. The third-order valence-electron chi connectivity index (χ3n) is 5.82. The minimum atomic E-state index is -3.76. The maximum Gasteiger partial charge on any atom is 0.269 e. The van der Waals surface area contributed by atoms with Crippen LogP contribution in [-0.2, 0) is 14.8 Å². The highest BCUT2D eigenvalue weighted by molar-refractivity contribution is 7.89. The van der Waals surface area contributed by atoms with Crippen LogP contribution in [0.25, 0.3) is 11.1 Å². The van der Waals surface area contributed by atoms with Gasteiger partial charge in [-0.15, -0.1) is 0 Å². The lowest BCUT2D eigenvalue weighted by Crippen LogP contribution is -2.41. The summed E-state index contributed by atoms with van der Waals surface area (Å²) in [5, 5.41) is 18.1. The zero-order chi connectivity index (χ0) is 22.6. The predicted molar refractivity (Wildman–Crippen MR) is 114 cm³/mol. The molecule has 2 aromatic carbocycles. The number of nitrogens with zero attached hydrogens (tertiary/aromatic N) is 2. The number of fused-ring (bicyclic) bond motifs is 1. The number of hydrogen-bond donors (Lipinski definition) is 2. The number of hydroxylamine groups is 1. The number of carbonyl (C=O) groups is 1. The van der Waals surface area contributed by atoms with Crippen molar-refractivity contribution in [3.63, 3.8) is 0 Å². The van der Waals surface area contributed by atoms with Crippen molar-refractivity contribution in [1.29, 1.82) is 0 Å². The van der Waals surface area contributed by atoms with Crippen LogP contribution >= 0.6 is 0 Å². The van der Waals surface area contributed by atoms with Gasteiger partial charge in [-0.25, -0.2) is 13.9 Å². The number of nitro benzene ring substituents is 1. The first-order chi connectivity index (χ1) is 14.8. The van der Waals surface area contributed by atoms with Gasteiger partial charge in [0, 0.05) is 25.2 Å². The molecule has 166 valence electrons. The molecule has 31 heavy (non-hydrogen) atoms. The highest BCUT2D eigenvalue weighted by atomic mass is 32.2. The molecule has 1 saturated heterocycles. The standard InChI is InChI=1S/C20H20N2O5S.CH5NO/c23-13-18-12-16-2-1-3-20(16)21(18)28(26,27)19-10-6-15(7-11-19)14-4-8-17(9-5-14)22(24)25;1-2-3/h4-11,13,16,18,20H,1-3,12H2;2-3H,1H3/t16-,18-,20-;/m1./s1. The van der Waals surface area contributed by atoms with Gasteiger partial charge in [-0.05, 0) is 60.6 Å². The summed E-state index contributed by atoms with van der Waals surface area (Å²) in [6, 6.07) is 11.9. The Balaban J connectivity index is 0.000000858.